The van der Waals surface area contributed by atoms with Crippen LogP contribution in [-0.2, 0) is 6.54 Å². The lowest BCUT2D eigenvalue weighted by Gasteiger charge is -2.19. The first-order valence-corrected chi connectivity index (χ1v) is 8.28. The number of nitrogens with one attached hydrogen (secondary N) is 2. The molecule has 0 bridgehead atoms. The van der Waals surface area contributed by atoms with Crippen molar-refractivity contribution in [2.45, 2.75) is 20.4 Å². The zero-order chi connectivity index (χ0) is 15.2. The van der Waals surface area contributed by atoms with Crippen molar-refractivity contribution in [2.75, 3.05) is 28.7 Å². The van der Waals surface area contributed by atoms with Crippen LogP contribution in [0.15, 0.2) is 15.9 Å². The van der Waals surface area contributed by atoms with Crippen molar-refractivity contribution in [3.05, 3.63) is 20.8 Å². The maximum atomic E-state index is 5.43. The first kappa shape index (κ1) is 15.9. The Labute approximate surface area is 136 Å². The summed E-state index contributed by atoms with van der Waals surface area (Å²) in [6.07, 6.45) is 0. The Hall–Kier alpha value is -1.45. The predicted molar refractivity (Wildman–Crippen MR) is 90.5 cm³/mol. The minimum atomic E-state index is 0.349. The number of nitrogens with zero attached hydrogens (tertiary/aromatic N) is 4. The Bertz CT molecular complexity index is 585. The number of hydrogen-bond acceptors (Lipinski definition) is 8. The summed E-state index contributed by atoms with van der Waals surface area (Å²) in [4.78, 5) is 16.2. The third-order valence-corrected chi connectivity index (χ3v) is 4.54. The molecule has 0 aromatic carbocycles. The van der Waals surface area contributed by atoms with Crippen LogP contribution >= 0.6 is 27.3 Å². The average molecular weight is 372 g/mol. The van der Waals surface area contributed by atoms with Crippen molar-refractivity contribution in [2.24, 2.45) is 5.84 Å². The average Bonchev–Trinajstić information content (AvgIpc) is 2.92. The highest BCUT2D eigenvalue weighted by Gasteiger charge is 2.10. The van der Waals surface area contributed by atoms with Crippen LogP contribution in [0.25, 0.3) is 0 Å². The van der Waals surface area contributed by atoms with E-state index < -0.39 is 0 Å². The number of halogens is 1. The molecule has 2 heterocycles. The van der Waals surface area contributed by atoms with Gasteiger partial charge in [0.2, 0.25) is 17.8 Å². The lowest BCUT2D eigenvalue weighted by Crippen LogP contribution is -2.26. The minimum Gasteiger partial charge on any atom is -0.349 e. The number of rotatable bonds is 7. The molecular formula is C12H18BrN7S. The van der Waals surface area contributed by atoms with Crippen LogP contribution in [0.1, 0.15) is 18.7 Å². The van der Waals surface area contributed by atoms with Crippen LogP contribution in [0, 0.1) is 0 Å². The molecule has 2 rings (SSSR count). The molecule has 0 spiro atoms. The van der Waals surface area contributed by atoms with Crippen LogP contribution in [0.2, 0.25) is 0 Å². The molecule has 0 saturated carbocycles. The molecule has 0 saturated heterocycles. The summed E-state index contributed by atoms with van der Waals surface area (Å²) in [5.74, 6) is 6.89. The van der Waals surface area contributed by atoms with E-state index in [9.17, 15) is 0 Å². The van der Waals surface area contributed by atoms with Crippen molar-refractivity contribution in [1.29, 1.82) is 0 Å². The molecule has 2 aromatic heterocycles. The molecule has 0 atom stereocenters. The SMILES string of the molecule is CCN(CC)c1nc(NN)nc(NCc2cc(Br)cs2)n1. The molecule has 2 aromatic rings. The fourth-order valence-corrected chi connectivity index (χ4v) is 3.16. The number of hydrogen-bond donors (Lipinski definition) is 3. The second-order valence-corrected chi connectivity index (χ2v) is 6.10. The van der Waals surface area contributed by atoms with E-state index in [0.29, 0.717) is 24.4 Å². The predicted octanol–water partition coefficient (Wildman–Crippen LogP) is 2.44. The summed E-state index contributed by atoms with van der Waals surface area (Å²) >= 11 is 5.11. The molecule has 4 N–H and O–H groups in total. The van der Waals surface area contributed by atoms with Gasteiger partial charge in [0, 0.05) is 27.8 Å². The molecular weight excluding hydrogens is 354 g/mol. The summed E-state index contributed by atoms with van der Waals surface area (Å²) in [6, 6.07) is 2.06. The summed E-state index contributed by atoms with van der Waals surface area (Å²) in [6.45, 7) is 6.41. The quantitative estimate of drug-likeness (QED) is 0.508. The number of nitrogen functional groups attached to an aromatic ring is 1. The van der Waals surface area contributed by atoms with Gasteiger partial charge in [-0.2, -0.15) is 15.0 Å². The molecule has 114 valence electrons. The van der Waals surface area contributed by atoms with E-state index in [-0.39, 0.29) is 0 Å². The molecule has 0 radical (unpaired) electrons. The normalized spacial score (nSPS) is 10.5. The van der Waals surface area contributed by atoms with Gasteiger partial charge in [0.1, 0.15) is 0 Å². The van der Waals surface area contributed by atoms with E-state index in [4.69, 9.17) is 5.84 Å². The van der Waals surface area contributed by atoms with Gasteiger partial charge in [-0.15, -0.1) is 11.3 Å². The van der Waals surface area contributed by atoms with E-state index in [1.807, 2.05) is 10.3 Å². The first-order chi connectivity index (χ1) is 10.2. The van der Waals surface area contributed by atoms with E-state index >= 15 is 0 Å². The summed E-state index contributed by atoms with van der Waals surface area (Å²) < 4.78 is 1.08. The van der Waals surface area contributed by atoms with Crippen LogP contribution in [0.3, 0.4) is 0 Å². The molecule has 0 unspecified atom stereocenters. The van der Waals surface area contributed by atoms with E-state index in [1.165, 1.54) is 4.88 Å². The lowest BCUT2D eigenvalue weighted by molar-refractivity contribution is 0.812. The summed E-state index contributed by atoms with van der Waals surface area (Å²) in [5.41, 5.74) is 2.48. The van der Waals surface area contributed by atoms with Gasteiger partial charge in [0.15, 0.2) is 0 Å². The maximum Gasteiger partial charge on any atom is 0.243 e. The van der Waals surface area contributed by atoms with E-state index in [1.54, 1.807) is 11.3 Å². The number of thiophene rings is 1. The van der Waals surface area contributed by atoms with Crippen LogP contribution < -0.4 is 21.5 Å². The van der Waals surface area contributed by atoms with Gasteiger partial charge in [0.25, 0.3) is 0 Å². The van der Waals surface area contributed by atoms with Crippen molar-refractivity contribution >= 4 is 45.1 Å². The molecule has 0 aliphatic carbocycles. The van der Waals surface area contributed by atoms with E-state index in [2.05, 4.69) is 61.5 Å². The Kier molecular flexibility index (Phi) is 5.71. The fourth-order valence-electron chi connectivity index (χ4n) is 1.77. The highest BCUT2D eigenvalue weighted by Crippen LogP contribution is 2.21. The number of aromatic nitrogens is 3. The fraction of sp³-hybridized carbons (Fsp3) is 0.417. The molecule has 0 fully saturated rings. The Balaban J connectivity index is 2.16. The van der Waals surface area contributed by atoms with Gasteiger partial charge >= 0.3 is 0 Å². The van der Waals surface area contributed by atoms with Crippen molar-refractivity contribution in [3.8, 4) is 0 Å². The second-order valence-electron chi connectivity index (χ2n) is 4.18. The highest BCUT2D eigenvalue weighted by atomic mass is 79.9. The second kappa shape index (κ2) is 7.53. The topological polar surface area (TPSA) is 92.0 Å². The van der Waals surface area contributed by atoms with Crippen LogP contribution in [0.4, 0.5) is 17.8 Å². The molecule has 9 heteroatoms. The van der Waals surface area contributed by atoms with Gasteiger partial charge in [-0.1, -0.05) is 0 Å². The van der Waals surface area contributed by atoms with Gasteiger partial charge in [-0.25, -0.2) is 5.84 Å². The molecule has 0 amide bonds. The molecule has 7 nitrogen and oxygen atoms in total. The van der Waals surface area contributed by atoms with Gasteiger partial charge in [0.05, 0.1) is 6.54 Å². The largest absolute Gasteiger partial charge is 0.349 e. The Morgan fingerprint density at radius 3 is 2.52 bits per heavy atom. The van der Waals surface area contributed by atoms with Gasteiger partial charge in [-0.05, 0) is 35.8 Å². The standard InChI is InChI=1S/C12H18BrN7S/c1-3-20(4-2)12-17-10(16-11(18-12)19-14)15-6-9-5-8(13)7-21-9/h5,7H,3-4,6,14H2,1-2H3,(H2,15,16,17,18,19). The summed E-state index contributed by atoms with van der Waals surface area (Å²) in [5, 5.41) is 5.24. The van der Waals surface area contributed by atoms with Gasteiger partial charge in [-0.3, -0.25) is 5.43 Å². The third-order valence-electron chi connectivity index (χ3n) is 2.84. The number of anilines is 3. The molecule has 0 aliphatic heterocycles. The highest BCUT2D eigenvalue weighted by molar-refractivity contribution is 9.10. The first-order valence-electron chi connectivity index (χ1n) is 6.60. The zero-order valence-corrected chi connectivity index (χ0v) is 14.3. The lowest BCUT2D eigenvalue weighted by atomic mass is 10.5. The zero-order valence-electron chi connectivity index (χ0n) is 11.9. The molecule has 21 heavy (non-hydrogen) atoms. The van der Waals surface area contributed by atoms with Gasteiger partial charge < -0.3 is 10.2 Å². The van der Waals surface area contributed by atoms with Crippen molar-refractivity contribution < 1.29 is 0 Å². The van der Waals surface area contributed by atoms with Crippen LogP contribution in [0.5, 0.6) is 0 Å². The molecule has 0 aliphatic rings. The van der Waals surface area contributed by atoms with Crippen LogP contribution in [-0.4, -0.2) is 28.0 Å². The number of nitrogens with two attached hydrogens (primary N) is 1. The smallest absolute Gasteiger partial charge is 0.243 e. The number of hydrazine groups is 1. The van der Waals surface area contributed by atoms with Crippen molar-refractivity contribution in [1.82, 2.24) is 15.0 Å². The summed E-state index contributed by atoms with van der Waals surface area (Å²) in [7, 11) is 0. The Morgan fingerprint density at radius 2 is 1.95 bits per heavy atom. The van der Waals surface area contributed by atoms with E-state index in [0.717, 1.165) is 17.6 Å². The monoisotopic (exact) mass is 371 g/mol. The van der Waals surface area contributed by atoms with Crippen molar-refractivity contribution in [3.63, 3.8) is 0 Å². The third kappa shape index (κ3) is 4.26. The minimum absolute atomic E-state index is 0.349. The Morgan fingerprint density at radius 1 is 1.24 bits per heavy atom. The maximum absolute atomic E-state index is 5.43.